The van der Waals surface area contributed by atoms with Gasteiger partial charge in [0.15, 0.2) is 0 Å². The minimum absolute atomic E-state index is 0.779. The van der Waals surface area contributed by atoms with Gasteiger partial charge >= 0.3 is 0 Å². The van der Waals surface area contributed by atoms with Gasteiger partial charge < -0.3 is 9.13 Å². The van der Waals surface area contributed by atoms with Crippen molar-refractivity contribution in [1.29, 1.82) is 0 Å². The van der Waals surface area contributed by atoms with Crippen molar-refractivity contribution in [3.05, 3.63) is 206 Å². The lowest BCUT2D eigenvalue weighted by molar-refractivity contribution is 1.08. The normalized spacial score (nSPS) is 12.6. The molecular formula is C52H35N5. The van der Waals surface area contributed by atoms with Gasteiger partial charge in [-0.05, 0) is 125 Å². The average Bonchev–Trinajstić information content (AvgIpc) is 3.80. The Morgan fingerprint density at radius 2 is 1.02 bits per heavy atom. The van der Waals surface area contributed by atoms with Crippen LogP contribution < -0.4 is 0 Å². The van der Waals surface area contributed by atoms with Gasteiger partial charge in [0.05, 0.1) is 45.0 Å². The second-order valence-corrected chi connectivity index (χ2v) is 14.6. The first-order valence-electron chi connectivity index (χ1n) is 19.2. The van der Waals surface area contributed by atoms with E-state index in [1.165, 1.54) is 55.1 Å². The molecule has 0 fully saturated rings. The third kappa shape index (κ3) is 5.51. The van der Waals surface area contributed by atoms with Crippen molar-refractivity contribution in [2.75, 3.05) is 0 Å². The van der Waals surface area contributed by atoms with Crippen molar-refractivity contribution < 1.29 is 0 Å². The molecule has 0 bridgehead atoms. The third-order valence-corrected chi connectivity index (χ3v) is 11.2. The zero-order chi connectivity index (χ0) is 37.9. The Labute approximate surface area is 330 Å². The third-order valence-electron chi connectivity index (χ3n) is 11.2. The highest BCUT2D eigenvalue weighted by Crippen LogP contribution is 2.44. The van der Waals surface area contributed by atoms with Crippen LogP contribution in [-0.2, 0) is 0 Å². The monoisotopic (exact) mass is 729 g/mol. The van der Waals surface area contributed by atoms with E-state index in [-0.39, 0.29) is 0 Å². The van der Waals surface area contributed by atoms with Crippen LogP contribution in [0, 0.1) is 0 Å². The molecule has 57 heavy (non-hydrogen) atoms. The van der Waals surface area contributed by atoms with Gasteiger partial charge in [-0.15, -0.1) is 0 Å². The summed E-state index contributed by atoms with van der Waals surface area (Å²) in [6.07, 6.45) is 6.78. The van der Waals surface area contributed by atoms with Crippen LogP contribution in [0.2, 0.25) is 0 Å². The number of aromatic nitrogens is 5. The van der Waals surface area contributed by atoms with Gasteiger partial charge in [-0.3, -0.25) is 9.97 Å². The van der Waals surface area contributed by atoms with E-state index in [2.05, 4.69) is 165 Å². The minimum Gasteiger partial charge on any atom is -0.309 e. The maximum Gasteiger partial charge on any atom is 0.0900 e. The fourth-order valence-corrected chi connectivity index (χ4v) is 8.57. The second kappa shape index (κ2) is 13.3. The van der Waals surface area contributed by atoms with E-state index in [9.17, 15) is 0 Å². The number of hydrogen-bond donors (Lipinski definition) is 0. The molecule has 5 aromatic heterocycles. The van der Waals surface area contributed by atoms with E-state index in [0.29, 0.717) is 0 Å². The standard InChI is InChI=1S/C52H35N5/c1-34-29-37(31-44-42-16-6-8-20-50(42)57(52(34)44)39-13-3-2-4-14-39)36-23-26-51-43(30-36)41-15-5-7-19-49(41)56(51)40-24-21-35(22-25-40)38-32-47(45-17-9-11-27-53-45)55-48(33-38)46-18-10-12-28-54-46/h2-28,30-33H,1,29H2. The zero-order valence-electron chi connectivity index (χ0n) is 31.0. The van der Waals surface area contributed by atoms with Gasteiger partial charge in [-0.1, -0.05) is 91.5 Å². The maximum absolute atomic E-state index is 4.97. The Morgan fingerprint density at radius 3 is 1.70 bits per heavy atom. The van der Waals surface area contributed by atoms with E-state index in [4.69, 9.17) is 4.98 Å². The molecule has 5 aromatic carbocycles. The molecule has 10 aromatic rings. The number of hydrogen-bond acceptors (Lipinski definition) is 3. The molecule has 0 N–H and O–H groups in total. The summed E-state index contributed by atoms with van der Waals surface area (Å²) in [4.78, 5) is 14.2. The van der Waals surface area contributed by atoms with Crippen molar-refractivity contribution in [3.8, 4) is 45.3 Å². The van der Waals surface area contributed by atoms with Crippen molar-refractivity contribution in [2.24, 2.45) is 0 Å². The van der Waals surface area contributed by atoms with Crippen LogP contribution in [0.15, 0.2) is 189 Å². The Bertz CT molecular complexity index is 3130. The molecule has 5 nitrogen and oxygen atoms in total. The summed E-state index contributed by atoms with van der Waals surface area (Å²) in [7, 11) is 0. The van der Waals surface area contributed by atoms with Crippen molar-refractivity contribution in [3.63, 3.8) is 0 Å². The summed E-state index contributed by atoms with van der Waals surface area (Å²) in [5, 5.41) is 3.69. The van der Waals surface area contributed by atoms with Gasteiger partial charge in [0.2, 0.25) is 0 Å². The molecule has 0 spiro atoms. The molecule has 11 rings (SSSR count). The quantitative estimate of drug-likeness (QED) is 0.171. The predicted octanol–water partition coefficient (Wildman–Crippen LogP) is 12.9. The Morgan fingerprint density at radius 1 is 0.439 bits per heavy atom. The molecular weight excluding hydrogens is 695 g/mol. The first kappa shape index (κ1) is 32.8. The van der Waals surface area contributed by atoms with E-state index in [1.54, 1.807) is 12.4 Å². The molecule has 0 atom stereocenters. The first-order valence-corrected chi connectivity index (χ1v) is 19.2. The van der Waals surface area contributed by atoms with Gasteiger partial charge in [0.1, 0.15) is 0 Å². The second-order valence-electron chi connectivity index (χ2n) is 14.6. The highest BCUT2D eigenvalue weighted by molar-refractivity contribution is 6.12. The maximum atomic E-state index is 4.97. The number of rotatable bonds is 6. The predicted molar refractivity (Wildman–Crippen MR) is 235 cm³/mol. The number of allylic oxidation sites excluding steroid dienone is 2. The van der Waals surface area contributed by atoms with Gasteiger partial charge in [-0.25, -0.2) is 4.98 Å². The van der Waals surface area contributed by atoms with Crippen LogP contribution in [0.3, 0.4) is 0 Å². The molecule has 0 saturated heterocycles. The van der Waals surface area contributed by atoms with E-state index < -0.39 is 0 Å². The molecule has 268 valence electrons. The summed E-state index contributed by atoms with van der Waals surface area (Å²) >= 11 is 0. The number of pyridine rings is 3. The molecule has 0 aliphatic heterocycles. The fraction of sp³-hybridized carbons (Fsp3) is 0.0192. The molecule has 1 aliphatic carbocycles. The summed E-state index contributed by atoms with van der Waals surface area (Å²) < 4.78 is 4.75. The molecule has 0 saturated carbocycles. The smallest absolute Gasteiger partial charge is 0.0900 e. The highest BCUT2D eigenvalue weighted by atomic mass is 15.0. The highest BCUT2D eigenvalue weighted by Gasteiger charge is 2.25. The molecule has 5 heteroatoms. The van der Waals surface area contributed by atoms with Crippen LogP contribution in [-0.4, -0.2) is 24.1 Å². The van der Waals surface area contributed by atoms with E-state index in [0.717, 1.165) is 57.3 Å². The van der Waals surface area contributed by atoms with Crippen molar-refractivity contribution in [1.82, 2.24) is 24.1 Å². The zero-order valence-corrected chi connectivity index (χ0v) is 31.0. The van der Waals surface area contributed by atoms with Crippen molar-refractivity contribution >= 4 is 49.9 Å². The first-order chi connectivity index (χ1) is 28.2. The lowest BCUT2D eigenvalue weighted by Gasteiger charge is -2.20. The summed E-state index contributed by atoms with van der Waals surface area (Å²) in [5.74, 6) is 0. The average molecular weight is 730 g/mol. The van der Waals surface area contributed by atoms with Gasteiger partial charge in [0.25, 0.3) is 0 Å². The number of fused-ring (bicyclic) bond motifs is 6. The van der Waals surface area contributed by atoms with Crippen LogP contribution in [0.5, 0.6) is 0 Å². The molecule has 0 unspecified atom stereocenters. The van der Waals surface area contributed by atoms with Gasteiger partial charge in [0, 0.05) is 45.5 Å². The van der Waals surface area contributed by atoms with E-state index in [1.807, 2.05) is 36.4 Å². The number of nitrogens with zero attached hydrogens (tertiary/aromatic N) is 5. The summed E-state index contributed by atoms with van der Waals surface area (Å²) in [5.41, 5.74) is 17.3. The molecule has 5 heterocycles. The van der Waals surface area contributed by atoms with Crippen LogP contribution in [0.4, 0.5) is 0 Å². The van der Waals surface area contributed by atoms with Crippen LogP contribution >= 0.6 is 0 Å². The van der Waals surface area contributed by atoms with E-state index >= 15 is 0 Å². The largest absolute Gasteiger partial charge is 0.309 e. The Balaban J connectivity index is 1.00. The number of para-hydroxylation sites is 3. The van der Waals surface area contributed by atoms with Gasteiger partial charge in [-0.2, -0.15) is 0 Å². The SMILES string of the molecule is C=C1CC(c2ccc3c(c2)c2ccccc2n3-c2ccc(-c3cc(-c4ccccn4)nc(-c4ccccn4)c3)cc2)=Cc2c1n(-c1ccccc1)c1ccccc21. The summed E-state index contributed by atoms with van der Waals surface area (Å²) in [6.45, 7) is 4.66. The fourth-order valence-electron chi connectivity index (χ4n) is 8.57. The molecule has 0 amide bonds. The summed E-state index contributed by atoms with van der Waals surface area (Å²) in [6, 6.07) is 59.8. The molecule has 1 aliphatic rings. The minimum atomic E-state index is 0.779. The lowest BCUT2D eigenvalue weighted by atomic mass is 9.88. The number of benzene rings is 5. The molecule has 0 radical (unpaired) electrons. The Hall–Kier alpha value is -7.63. The topological polar surface area (TPSA) is 48.5 Å². The Kier molecular flexibility index (Phi) is 7.64. The lowest BCUT2D eigenvalue weighted by Crippen LogP contribution is -2.04. The van der Waals surface area contributed by atoms with Crippen molar-refractivity contribution in [2.45, 2.75) is 6.42 Å². The van der Waals surface area contributed by atoms with Crippen LogP contribution in [0.25, 0.3) is 95.2 Å². The van der Waals surface area contributed by atoms with Crippen LogP contribution in [0.1, 0.15) is 23.2 Å².